The highest BCUT2D eigenvalue weighted by Gasteiger charge is 2.66. The highest BCUT2D eigenvalue weighted by Crippen LogP contribution is 2.57. The summed E-state index contributed by atoms with van der Waals surface area (Å²) in [4.78, 5) is 32.3. The predicted molar refractivity (Wildman–Crippen MR) is 127 cm³/mol. The molecule has 4 rings (SSSR count). The molecule has 168 valence electrons. The molecule has 5 heteroatoms. The first kappa shape index (κ1) is 22.5. The maximum Gasteiger partial charge on any atom is 0.339 e. The van der Waals surface area contributed by atoms with Gasteiger partial charge in [-0.2, -0.15) is 0 Å². The van der Waals surface area contributed by atoms with Gasteiger partial charge in [-0.1, -0.05) is 97.4 Å². The number of aliphatic imine (C=N–C) groups is 1. The van der Waals surface area contributed by atoms with Crippen LogP contribution in [0.1, 0.15) is 36.0 Å². The Labute approximate surface area is 194 Å². The Hall–Kier alpha value is -3.73. The minimum atomic E-state index is -1.60. The lowest BCUT2D eigenvalue weighted by molar-refractivity contribution is -0.177. The van der Waals surface area contributed by atoms with Crippen LogP contribution in [0, 0.1) is 5.41 Å². The van der Waals surface area contributed by atoms with Gasteiger partial charge >= 0.3 is 11.9 Å². The molecular weight excluding hydrogens is 414 g/mol. The van der Waals surface area contributed by atoms with Crippen LogP contribution in [0.3, 0.4) is 0 Å². The molecule has 3 aromatic rings. The molecule has 1 atom stereocenters. The van der Waals surface area contributed by atoms with Gasteiger partial charge in [0.2, 0.25) is 0 Å². The Kier molecular flexibility index (Phi) is 6.40. The summed E-state index contributed by atoms with van der Waals surface area (Å²) in [5, 5.41) is 0. The van der Waals surface area contributed by atoms with Gasteiger partial charge in [-0.15, -0.1) is 0 Å². The normalized spacial score (nSPS) is 15.9. The van der Waals surface area contributed by atoms with E-state index in [9.17, 15) is 9.59 Å². The molecule has 0 spiro atoms. The second kappa shape index (κ2) is 9.41. The highest BCUT2D eigenvalue weighted by molar-refractivity contribution is 6.14. The lowest BCUT2D eigenvalue weighted by Crippen LogP contribution is -2.59. The molecule has 5 nitrogen and oxygen atoms in total. The molecule has 1 fully saturated rings. The summed E-state index contributed by atoms with van der Waals surface area (Å²) in [5.41, 5.74) is 0.131. The van der Waals surface area contributed by atoms with E-state index in [1.165, 1.54) is 14.2 Å². The number of carbonyl (C=O) groups excluding carboxylic acids is 2. The van der Waals surface area contributed by atoms with E-state index in [4.69, 9.17) is 14.5 Å². The van der Waals surface area contributed by atoms with Crippen molar-refractivity contribution in [3.8, 4) is 0 Å². The van der Waals surface area contributed by atoms with Crippen molar-refractivity contribution in [2.24, 2.45) is 10.4 Å². The topological polar surface area (TPSA) is 65.0 Å². The highest BCUT2D eigenvalue weighted by atomic mass is 16.5. The predicted octanol–water partition coefficient (Wildman–Crippen LogP) is 4.94. The summed E-state index contributed by atoms with van der Waals surface area (Å²) in [5.74, 6) is -1.03. The fourth-order valence-electron chi connectivity index (χ4n) is 4.73. The molecule has 1 aliphatic rings. The van der Waals surface area contributed by atoms with Gasteiger partial charge < -0.3 is 9.47 Å². The van der Waals surface area contributed by atoms with Gasteiger partial charge in [-0.3, -0.25) is 9.79 Å². The lowest BCUT2D eigenvalue weighted by Gasteiger charge is -2.50. The van der Waals surface area contributed by atoms with Gasteiger partial charge in [0.15, 0.2) is 5.54 Å². The molecule has 1 aliphatic carbocycles. The van der Waals surface area contributed by atoms with Crippen LogP contribution in [0.4, 0.5) is 0 Å². The summed E-state index contributed by atoms with van der Waals surface area (Å²) < 4.78 is 10.6. The van der Waals surface area contributed by atoms with Gasteiger partial charge in [0.05, 0.1) is 19.9 Å². The summed E-state index contributed by atoms with van der Waals surface area (Å²) >= 11 is 0. The number of rotatable bonds is 7. The van der Waals surface area contributed by atoms with Gasteiger partial charge in [0.1, 0.15) is 5.41 Å². The standard InChI is InChI=1S/C28H27NO4/c1-32-25(30)27(19-12-20-27)28(26(31)33-2,23-17-10-5-11-18-23)29-24(21-13-6-3-7-14-21)22-15-8-4-9-16-22/h3-11,13-18H,12,19-20H2,1-2H3. The summed E-state index contributed by atoms with van der Waals surface area (Å²) in [6.07, 6.45) is 1.75. The summed E-state index contributed by atoms with van der Waals surface area (Å²) in [7, 11) is 2.69. The minimum Gasteiger partial charge on any atom is -0.468 e. The molecule has 0 bridgehead atoms. The molecule has 3 aromatic carbocycles. The van der Waals surface area contributed by atoms with Crippen molar-refractivity contribution in [3.63, 3.8) is 0 Å². The molecule has 0 aromatic heterocycles. The molecule has 0 radical (unpaired) electrons. The smallest absolute Gasteiger partial charge is 0.339 e. The first-order valence-electron chi connectivity index (χ1n) is 11.0. The number of hydrogen-bond acceptors (Lipinski definition) is 5. The zero-order valence-corrected chi connectivity index (χ0v) is 18.9. The number of hydrogen-bond donors (Lipinski definition) is 0. The molecule has 1 saturated carbocycles. The number of benzene rings is 3. The van der Waals surface area contributed by atoms with Crippen LogP contribution >= 0.6 is 0 Å². The first-order valence-corrected chi connectivity index (χ1v) is 11.0. The minimum absolute atomic E-state index is 0.452. The number of carbonyl (C=O) groups is 2. The number of esters is 2. The molecule has 0 saturated heterocycles. The number of ether oxygens (including phenoxy) is 2. The van der Waals surface area contributed by atoms with E-state index < -0.39 is 22.9 Å². The van der Waals surface area contributed by atoms with Crippen LogP contribution in [0.15, 0.2) is 96.0 Å². The van der Waals surface area contributed by atoms with Gasteiger partial charge in [-0.05, 0) is 18.4 Å². The molecule has 33 heavy (non-hydrogen) atoms. The maximum absolute atomic E-state index is 13.8. The Balaban J connectivity index is 2.10. The van der Waals surface area contributed by atoms with Gasteiger partial charge in [0, 0.05) is 11.1 Å². The van der Waals surface area contributed by atoms with E-state index in [0.717, 1.165) is 17.5 Å². The molecule has 0 aliphatic heterocycles. The third-order valence-corrected chi connectivity index (χ3v) is 6.52. The second-order valence-corrected chi connectivity index (χ2v) is 8.19. The van der Waals surface area contributed by atoms with Crippen molar-refractivity contribution in [1.82, 2.24) is 0 Å². The Morgan fingerprint density at radius 1 is 0.758 bits per heavy atom. The van der Waals surface area contributed by atoms with E-state index in [1.807, 2.05) is 91.0 Å². The van der Waals surface area contributed by atoms with E-state index in [0.29, 0.717) is 24.1 Å². The maximum atomic E-state index is 13.8. The van der Waals surface area contributed by atoms with Crippen LogP contribution in [-0.4, -0.2) is 31.9 Å². The third kappa shape index (κ3) is 3.74. The second-order valence-electron chi connectivity index (χ2n) is 8.19. The van der Waals surface area contributed by atoms with E-state index in [1.54, 1.807) is 0 Å². The van der Waals surface area contributed by atoms with Crippen LogP contribution in [0.2, 0.25) is 0 Å². The number of methoxy groups -OCH3 is 2. The Morgan fingerprint density at radius 2 is 1.24 bits per heavy atom. The summed E-state index contributed by atoms with van der Waals surface area (Å²) in [6, 6.07) is 28.6. The molecule has 1 unspecified atom stereocenters. The quantitative estimate of drug-likeness (QED) is 0.385. The van der Waals surface area contributed by atoms with Crippen molar-refractivity contribution in [2.75, 3.05) is 14.2 Å². The van der Waals surface area contributed by atoms with Crippen molar-refractivity contribution < 1.29 is 19.1 Å². The van der Waals surface area contributed by atoms with E-state index >= 15 is 0 Å². The zero-order valence-electron chi connectivity index (χ0n) is 18.9. The van der Waals surface area contributed by atoms with Crippen molar-refractivity contribution in [2.45, 2.75) is 24.8 Å². The molecular formula is C28H27NO4. The van der Waals surface area contributed by atoms with Crippen molar-refractivity contribution in [1.29, 1.82) is 0 Å². The largest absolute Gasteiger partial charge is 0.468 e. The lowest BCUT2D eigenvalue weighted by atomic mass is 9.54. The number of nitrogens with zero attached hydrogens (tertiary/aromatic N) is 1. The third-order valence-electron chi connectivity index (χ3n) is 6.52. The average Bonchev–Trinajstić information content (AvgIpc) is 2.86. The van der Waals surface area contributed by atoms with Crippen LogP contribution in [0.25, 0.3) is 0 Å². The Bertz CT molecular complexity index is 1100. The zero-order chi connectivity index (χ0) is 23.3. The van der Waals surface area contributed by atoms with E-state index in [2.05, 4.69) is 0 Å². The van der Waals surface area contributed by atoms with Crippen LogP contribution < -0.4 is 0 Å². The van der Waals surface area contributed by atoms with Crippen molar-refractivity contribution >= 4 is 17.7 Å². The van der Waals surface area contributed by atoms with Gasteiger partial charge in [0.25, 0.3) is 0 Å². The fraction of sp³-hybridized carbons (Fsp3) is 0.250. The van der Waals surface area contributed by atoms with Crippen molar-refractivity contribution in [3.05, 3.63) is 108 Å². The van der Waals surface area contributed by atoms with Crippen LogP contribution in [-0.2, 0) is 24.6 Å². The molecule has 0 N–H and O–H groups in total. The monoisotopic (exact) mass is 441 g/mol. The molecule has 0 amide bonds. The van der Waals surface area contributed by atoms with Crippen LogP contribution in [0.5, 0.6) is 0 Å². The fourth-order valence-corrected chi connectivity index (χ4v) is 4.73. The SMILES string of the molecule is COC(=O)C1(C(N=C(c2ccccc2)c2ccccc2)(C(=O)OC)c2ccccc2)CCC1. The molecule has 0 heterocycles. The summed E-state index contributed by atoms with van der Waals surface area (Å²) in [6.45, 7) is 0. The first-order chi connectivity index (χ1) is 16.1. The van der Waals surface area contributed by atoms with Gasteiger partial charge in [-0.25, -0.2) is 4.79 Å². The average molecular weight is 442 g/mol. The Morgan fingerprint density at radius 3 is 1.64 bits per heavy atom. The van der Waals surface area contributed by atoms with E-state index in [-0.39, 0.29) is 0 Å².